The number of amides is 2. The average molecular weight is 340 g/mol. The Hall–Kier alpha value is -1.27. The molecule has 0 bridgehead atoms. The summed E-state index contributed by atoms with van der Waals surface area (Å²) in [5.41, 5.74) is 1.23. The van der Waals surface area contributed by atoms with Gasteiger partial charge in [-0.2, -0.15) is 11.8 Å². The van der Waals surface area contributed by atoms with Crippen LogP contribution in [0.2, 0.25) is 0 Å². The lowest BCUT2D eigenvalue weighted by atomic mass is 9.88. The quantitative estimate of drug-likeness (QED) is 0.739. The van der Waals surface area contributed by atoms with Gasteiger partial charge in [0.05, 0.1) is 13.2 Å². The van der Waals surface area contributed by atoms with Gasteiger partial charge >= 0.3 is 6.03 Å². The summed E-state index contributed by atoms with van der Waals surface area (Å²) < 4.78 is 18.0. The van der Waals surface area contributed by atoms with E-state index in [1.54, 1.807) is 16.7 Å². The molecular weight excluding hydrogens is 315 g/mol. The molecule has 0 spiro atoms. The predicted molar refractivity (Wildman–Crippen MR) is 92.1 cm³/mol. The largest absolute Gasteiger partial charge is 0.380 e. The van der Waals surface area contributed by atoms with Gasteiger partial charge < -0.3 is 15.0 Å². The van der Waals surface area contributed by atoms with E-state index in [1.165, 1.54) is 12.1 Å². The molecule has 2 rings (SSSR count). The topological polar surface area (TPSA) is 41.6 Å². The van der Waals surface area contributed by atoms with Crippen LogP contribution in [0.15, 0.2) is 24.3 Å². The number of carbonyl (C=O) groups is 1. The Bertz CT molecular complexity index is 506. The summed E-state index contributed by atoms with van der Waals surface area (Å²) in [5.74, 6) is 1.63. The van der Waals surface area contributed by atoms with Gasteiger partial charge in [-0.3, -0.25) is 0 Å². The van der Waals surface area contributed by atoms with Crippen molar-refractivity contribution in [2.45, 2.75) is 19.1 Å². The third-order valence-electron chi connectivity index (χ3n) is 3.79. The Balaban J connectivity index is 1.52. The number of benzene rings is 1. The van der Waals surface area contributed by atoms with Crippen LogP contribution in [0.25, 0.3) is 0 Å². The lowest BCUT2D eigenvalue weighted by molar-refractivity contribution is -0.108. The van der Waals surface area contributed by atoms with Crippen molar-refractivity contribution < 1.29 is 13.9 Å². The molecular formula is C17H25FN2O2S. The summed E-state index contributed by atoms with van der Waals surface area (Å²) in [6.45, 7) is 4.98. The fraction of sp³-hybridized carbons (Fsp3) is 0.588. The Kier molecular flexibility index (Phi) is 6.72. The van der Waals surface area contributed by atoms with Gasteiger partial charge in [-0.1, -0.05) is 19.1 Å². The fourth-order valence-corrected chi connectivity index (χ4v) is 3.38. The number of ether oxygens (including phenoxy) is 1. The number of urea groups is 1. The van der Waals surface area contributed by atoms with Crippen LogP contribution in [0.3, 0.4) is 0 Å². The normalized spacial score (nSPS) is 15.8. The number of nitrogens with zero attached hydrogens (tertiary/aromatic N) is 1. The van der Waals surface area contributed by atoms with E-state index in [0.29, 0.717) is 6.54 Å². The Morgan fingerprint density at radius 1 is 1.39 bits per heavy atom. The van der Waals surface area contributed by atoms with Crippen molar-refractivity contribution in [1.82, 2.24) is 10.2 Å². The number of nitrogens with one attached hydrogen (secondary N) is 1. The smallest absolute Gasteiger partial charge is 0.317 e. The average Bonchev–Trinajstić information content (AvgIpc) is 2.50. The van der Waals surface area contributed by atoms with Crippen molar-refractivity contribution in [3.8, 4) is 0 Å². The molecule has 1 aromatic rings. The summed E-state index contributed by atoms with van der Waals surface area (Å²) in [6.07, 6.45) is 0.922. The molecule has 0 aliphatic carbocycles. The first-order chi connectivity index (χ1) is 11.0. The second-order valence-corrected chi connectivity index (χ2v) is 7.53. The second-order valence-electron chi connectivity index (χ2n) is 6.42. The molecule has 1 fully saturated rings. The van der Waals surface area contributed by atoms with E-state index in [2.05, 4.69) is 12.2 Å². The van der Waals surface area contributed by atoms with Crippen LogP contribution in [-0.2, 0) is 10.5 Å². The van der Waals surface area contributed by atoms with Gasteiger partial charge in [-0.15, -0.1) is 0 Å². The molecule has 2 amide bonds. The summed E-state index contributed by atoms with van der Waals surface area (Å²) in [5, 5.41) is 2.94. The lowest BCUT2D eigenvalue weighted by Crippen LogP contribution is -2.51. The number of carbonyl (C=O) groups excluding carboxylic acids is 1. The molecule has 23 heavy (non-hydrogen) atoms. The Morgan fingerprint density at radius 3 is 2.70 bits per heavy atom. The van der Waals surface area contributed by atoms with Gasteiger partial charge in [0, 0.05) is 31.3 Å². The highest BCUT2D eigenvalue weighted by Gasteiger charge is 2.35. The molecule has 6 heteroatoms. The number of rotatable bonds is 8. The molecule has 0 radical (unpaired) electrons. The predicted octanol–water partition coefficient (Wildman–Crippen LogP) is 3.13. The number of halogens is 1. The molecule has 1 heterocycles. The zero-order valence-electron chi connectivity index (χ0n) is 13.8. The van der Waals surface area contributed by atoms with Gasteiger partial charge in [0.2, 0.25) is 0 Å². The van der Waals surface area contributed by atoms with Gasteiger partial charge in [0.1, 0.15) is 5.82 Å². The maximum Gasteiger partial charge on any atom is 0.317 e. The minimum Gasteiger partial charge on any atom is -0.380 e. The summed E-state index contributed by atoms with van der Waals surface area (Å²) in [7, 11) is 1.82. The minimum atomic E-state index is -0.201. The molecule has 0 atom stereocenters. The number of thioether (sulfide) groups is 1. The van der Waals surface area contributed by atoms with E-state index in [0.717, 1.165) is 43.2 Å². The van der Waals surface area contributed by atoms with Crippen molar-refractivity contribution in [2.75, 3.05) is 39.1 Å². The first-order valence-corrected chi connectivity index (χ1v) is 9.03. The van der Waals surface area contributed by atoms with Crippen LogP contribution in [-0.4, -0.2) is 50.0 Å². The van der Waals surface area contributed by atoms with Gasteiger partial charge in [0.25, 0.3) is 0 Å². The van der Waals surface area contributed by atoms with Gasteiger partial charge in [-0.05, 0) is 29.9 Å². The van der Waals surface area contributed by atoms with Crippen molar-refractivity contribution in [3.05, 3.63) is 35.6 Å². The highest BCUT2D eigenvalue weighted by Crippen LogP contribution is 2.27. The molecule has 0 saturated carbocycles. The molecule has 1 aromatic carbocycles. The maximum absolute atomic E-state index is 12.8. The Morgan fingerprint density at radius 2 is 2.09 bits per heavy atom. The van der Waals surface area contributed by atoms with Crippen molar-refractivity contribution in [3.63, 3.8) is 0 Å². The summed E-state index contributed by atoms with van der Waals surface area (Å²) in [4.78, 5) is 13.7. The highest BCUT2D eigenvalue weighted by atomic mass is 32.2. The zero-order valence-corrected chi connectivity index (χ0v) is 14.6. The number of hydrogen-bond donors (Lipinski definition) is 1. The first-order valence-electron chi connectivity index (χ1n) is 7.87. The van der Waals surface area contributed by atoms with E-state index in [4.69, 9.17) is 4.74 Å². The minimum absolute atomic E-state index is 0.0262. The van der Waals surface area contributed by atoms with Crippen LogP contribution >= 0.6 is 11.8 Å². The summed E-state index contributed by atoms with van der Waals surface area (Å²) >= 11 is 1.79. The molecule has 1 aliphatic heterocycles. The molecule has 1 N–H and O–H groups in total. The number of hydrogen-bond acceptors (Lipinski definition) is 3. The van der Waals surface area contributed by atoms with E-state index in [1.807, 2.05) is 19.2 Å². The highest BCUT2D eigenvalue weighted by molar-refractivity contribution is 7.98. The van der Waals surface area contributed by atoms with Crippen LogP contribution < -0.4 is 5.32 Å². The second kappa shape index (κ2) is 8.55. The zero-order chi connectivity index (χ0) is 16.7. The molecule has 128 valence electrons. The molecule has 4 nitrogen and oxygen atoms in total. The van der Waals surface area contributed by atoms with E-state index in [-0.39, 0.29) is 17.3 Å². The SMILES string of the molecule is CN(CC1(C)COC1)C(=O)NCCCSCc1ccc(F)cc1. The van der Waals surface area contributed by atoms with Crippen molar-refractivity contribution >= 4 is 17.8 Å². The van der Waals surface area contributed by atoms with E-state index in [9.17, 15) is 9.18 Å². The molecule has 0 aromatic heterocycles. The van der Waals surface area contributed by atoms with Gasteiger partial charge in [-0.25, -0.2) is 9.18 Å². The summed E-state index contributed by atoms with van der Waals surface area (Å²) in [6, 6.07) is 6.56. The third kappa shape index (κ3) is 6.03. The van der Waals surface area contributed by atoms with Crippen LogP contribution in [0, 0.1) is 11.2 Å². The van der Waals surface area contributed by atoms with E-state index < -0.39 is 0 Å². The van der Waals surface area contributed by atoms with E-state index >= 15 is 0 Å². The van der Waals surface area contributed by atoms with Crippen molar-refractivity contribution in [1.29, 1.82) is 0 Å². The van der Waals surface area contributed by atoms with Crippen LogP contribution in [0.1, 0.15) is 18.9 Å². The molecule has 0 unspecified atom stereocenters. The molecule has 1 aliphatic rings. The van der Waals surface area contributed by atoms with Crippen LogP contribution in [0.5, 0.6) is 0 Å². The third-order valence-corrected chi connectivity index (χ3v) is 4.91. The van der Waals surface area contributed by atoms with Crippen LogP contribution in [0.4, 0.5) is 9.18 Å². The fourth-order valence-electron chi connectivity index (χ4n) is 2.46. The maximum atomic E-state index is 12.8. The van der Waals surface area contributed by atoms with Gasteiger partial charge in [0.15, 0.2) is 0 Å². The molecule has 1 saturated heterocycles. The first kappa shape index (κ1) is 18.1. The standard InChI is InChI=1S/C17H25FN2O2S/c1-17(12-22-13-17)11-20(2)16(21)19-8-3-9-23-10-14-4-6-15(18)7-5-14/h4-7H,3,8-13H2,1-2H3,(H,19,21). The Labute approximate surface area is 141 Å². The lowest BCUT2D eigenvalue weighted by Gasteiger charge is -2.40. The monoisotopic (exact) mass is 340 g/mol. The van der Waals surface area contributed by atoms with Crippen molar-refractivity contribution in [2.24, 2.45) is 5.41 Å².